The van der Waals surface area contributed by atoms with E-state index in [1.54, 1.807) is 12.1 Å². The van der Waals surface area contributed by atoms with Crippen LogP contribution in [0.4, 0.5) is 0 Å². The van der Waals surface area contributed by atoms with Gasteiger partial charge in [0, 0.05) is 0 Å². The smallest absolute Gasteiger partial charge is 0.224 e. The summed E-state index contributed by atoms with van der Waals surface area (Å²) in [5.41, 5.74) is 1.69. The summed E-state index contributed by atoms with van der Waals surface area (Å²) in [5.74, 6) is 0. The van der Waals surface area contributed by atoms with Crippen LogP contribution in [0.5, 0.6) is 0 Å². The average molecular weight is 437 g/mol. The molecule has 2 atom stereocenters. The Kier molecular flexibility index (Phi) is 6.16. The zero-order valence-electron chi connectivity index (χ0n) is 16.1. The Morgan fingerprint density at radius 1 is 0.633 bits per heavy atom. The maximum Gasteiger partial charge on any atom is 0.241 e. The van der Waals surface area contributed by atoms with E-state index in [1.807, 2.05) is 91.0 Å². The molecule has 0 aliphatic rings. The van der Waals surface area contributed by atoms with Crippen molar-refractivity contribution in [1.82, 2.24) is 9.56 Å². The van der Waals surface area contributed by atoms with Gasteiger partial charge in [0.2, 0.25) is 10.0 Å². The van der Waals surface area contributed by atoms with E-state index in [2.05, 4.69) is 9.56 Å². The molecule has 30 heavy (non-hydrogen) atoms. The summed E-state index contributed by atoms with van der Waals surface area (Å²) in [5, 5.41) is 1.85. The molecule has 0 saturated heterocycles. The third-order valence-electron chi connectivity index (χ3n) is 5.08. The predicted octanol–water partition coefficient (Wildman–Crippen LogP) is 5.34. The van der Waals surface area contributed by atoms with Gasteiger partial charge in [-0.25, -0.2) is 18.0 Å². The number of sulfonamides is 1. The van der Waals surface area contributed by atoms with Crippen molar-refractivity contribution < 1.29 is 8.42 Å². The lowest BCUT2D eigenvalue weighted by molar-refractivity contribution is 0.482. The molecule has 152 valence electrons. The van der Waals surface area contributed by atoms with E-state index in [-0.39, 0.29) is 4.90 Å². The highest BCUT2D eigenvalue weighted by Gasteiger charge is 2.29. The van der Waals surface area contributed by atoms with E-state index in [9.17, 15) is 8.42 Å². The second kappa shape index (κ2) is 8.98. The van der Waals surface area contributed by atoms with Gasteiger partial charge in [-0.15, -0.1) is 0 Å². The molecule has 6 heteroatoms. The first kappa shape index (κ1) is 20.6. The fourth-order valence-electron chi connectivity index (χ4n) is 3.54. The summed E-state index contributed by atoms with van der Waals surface area (Å²) in [6, 6.07) is 30.7. The second-order valence-corrected chi connectivity index (χ2v) is 8.95. The van der Waals surface area contributed by atoms with Crippen LogP contribution < -0.4 is 9.56 Å². The van der Waals surface area contributed by atoms with Crippen LogP contribution in [-0.2, 0) is 10.0 Å². The van der Waals surface area contributed by atoms with E-state index >= 15 is 0 Å². The molecule has 0 fully saturated rings. The van der Waals surface area contributed by atoms with Crippen LogP contribution in [0, 0.1) is 0 Å². The molecular formula is C24H21ClN2O2S. The van der Waals surface area contributed by atoms with Crippen molar-refractivity contribution in [3.63, 3.8) is 0 Å². The van der Waals surface area contributed by atoms with Gasteiger partial charge in [-0.3, -0.25) is 0 Å². The number of fused-ring (bicyclic) bond motifs is 1. The minimum Gasteiger partial charge on any atom is -0.224 e. The highest BCUT2D eigenvalue weighted by atomic mass is 35.5. The zero-order valence-corrected chi connectivity index (χ0v) is 17.6. The summed E-state index contributed by atoms with van der Waals surface area (Å²) in [6.07, 6.45) is 0. The van der Waals surface area contributed by atoms with E-state index < -0.39 is 22.1 Å². The molecule has 0 saturated carbocycles. The predicted molar refractivity (Wildman–Crippen MR) is 122 cm³/mol. The van der Waals surface area contributed by atoms with Gasteiger partial charge in [-0.2, -0.15) is 0 Å². The van der Waals surface area contributed by atoms with Crippen LogP contribution >= 0.6 is 11.8 Å². The summed E-state index contributed by atoms with van der Waals surface area (Å²) in [6.45, 7) is 0. The average Bonchev–Trinajstić information content (AvgIpc) is 2.80. The lowest BCUT2D eigenvalue weighted by atomic mass is 9.95. The fraction of sp³-hybridized carbons (Fsp3) is 0.0833. The van der Waals surface area contributed by atoms with Gasteiger partial charge in [0.25, 0.3) is 0 Å². The molecule has 0 unspecified atom stereocenters. The minimum absolute atomic E-state index is 0.212. The maximum atomic E-state index is 13.3. The van der Waals surface area contributed by atoms with Gasteiger partial charge in [-0.1, -0.05) is 91.0 Å². The number of benzene rings is 4. The number of halogens is 1. The zero-order chi connectivity index (χ0) is 21.0. The number of rotatable bonds is 7. The summed E-state index contributed by atoms with van der Waals surface area (Å²) in [4.78, 5) is 2.98. The molecule has 0 spiro atoms. The molecule has 2 N–H and O–H groups in total. The van der Waals surface area contributed by atoms with Gasteiger partial charge < -0.3 is 0 Å². The van der Waals surface area contributed by atoms with Gasteiger partial charge in [-0.05, 0) is 45.8 Å². The fourth-order valence-corrected chi connectivity index (χ4v) is 5.06. The molecule has 4 aromatic rings. The molecule has 0 amide bonds. The molecular weight excluding hydrogens is 416 g/mol. The molecule has 4 nitrogen and oxygen atoms in total. The third kappa shape index (κ3) is 4.40. The van der Waals surface area contributed by atoms with Crippen LogP contribution in [0.3, 0.4) is 0 Å². The number of hydrogen-bond donors (Lipinski definition) is 2. The van der Waals surface area contributed by atoms with Crippen LogP contribution in [0.15, 0.2) is 108 Å². The highest BCUT2D eigenvalue weighted by Crippen LogP contribution is 2.31. The van der Waals surface area contributed by atoms with Crippen molar-refractivity contribution in [2.24, 2.45) is 0 Å². The molecule has 4 rings (SSSR count). The van der Waals surface area contributed by atoms with Crippen LogP contribution in [0.25, 0.3) is 10.8 Å². The van der Waals surface area contributed by atoms with Gasteiger partial charge >= 0.3 is 0 Å². The van der Waals surface area contributed by atoms with Crippen LogP contribution in [-0.4, -0.2) is 8.42 Å². The van der Waals surface area contributed by atoms with Crippen molar-refractivity contribution >= 4 is 32.6 Å². The molecule has 0 aliphatic carbocycles. The van der Waals surface area contributed by atoms with Crippen molar-refractivity contribution in [3.8, 4) is 0 Å². The van der Waals surface area contributed by atoms with Crippen molar-refractivity contribution in [1.29, 1.82) is 0 Å². The summed E-state index contributed by atoms with van der Waals surface area (Å²) < 4.78 is 29.5. The van der Waals surface area contributed by atoms with E-state index in [0.717, 1.165) is 21.9 Å². The van der Waals surface area contributed by atoms with Gasteiger partial charge in [0.1, 0.15) is 0 Å². The minimum atomic E-state index is -3.81. The highest BCUT2D eigenvalue weighted by molar-refractivity contribution is 7.89. The van der Waals surface area contributed by atoms with Crippen molar-refractivity contribution in [2.75, 3.05) is 0 Å². The van der Waals surface area contributed by atoms with Gasteiger partial charge in [0.05, 0.1) is 17.0 Å². The summed E-state index contributed by atoms with van der Waals surface area (Å²) in [7, 11) is -3.81. The van der Waals surface area contributed by atoms with E-state index in [4.69, 9.17) is 11.8 Å². The topological polar surface area (TPSA) is 58.2 Å². The molecule has 0 radical (unpaired) electrons. The van der Waals surface area contributed by atoms with Gasteiger partial charge in [0.15, 0.2) is 0 Å². The van der Waals surface area contributed by atoms with E-state index in [0.29, 0.717) is 0 Å². The molecule has 0 bridgehead atoms. The Labute approximate surface area is 181 Å². The molecule has 0 aliphatic heterocycles. The summed E-state index contributed by atoms with van der Waals surface area (Å²) >= 11 is 6.11. The van der Waals surface area contributed by atoms with Crippen molar-refractivity contribution in [2.45, 2.75) is 17.0 Å². The van der Waals surface area contributed by atoms with Crippen molar-refractivity contribution in [3.05, 3.63) is 114 Å². The molecule has 4 aromatic carbocycles. The molecule has 0 heterocycles. The third-order valence-corrected chi connectivity index (χ3v) is 6.76. The lowest BCUT2D eigenvalue weighted by Crippen LogP contribution is -2.36. The Morgan fingerprint density at radius 2 is 1.17 bits per heavy atom. The van der Waals surface area contributed by atoms with E-state index in [1.165, 1.54) is 0 Å². The first-order valence-electron chi connectivity index (χ1n) is 9.56. The van der Waals surface area contributed by atoms with Crippen LogP contribution in [0.2, 0.25) is 0 Å². The Hall–Kier alpha value is -2.70. The quantitative estimate of drug-likeness (QED) is 0.384. The number of nitrogens with one attached hydrogen (secondary N) is 2. The first-order chi connectivity index (χ1) is 14.6. The Bertz CT molecular complexity index is 1230. The normalized spacial score (nSPS) is 13.8. The number of hydrogen-bond acceptors (Lipinski definition) is 3. The Morgan fingerprint density at radius 3 is 1.77 bits per heavy atom. The molecule has 0 aromatic heterocycles. The largest absolute Gasteiger partial charge is 0.241 e. The lowest BCUT2D eigenvalue weighted by Gasteiger charge is -2.27. The Balaban J connectivity index is 1.75. The first-order valence-corrected chi connectivity index (χ1v) is 11.4. The maximum absolute atomic E-state index is 13.3. The monoisotopic (exact) mass is 436 g/mol. The SMILES string of the molecule is O=S(=O)(N[C@@H](c1ccccc1)[C@@H](NCl)c1ccccc1)c1ccc2ccccc2c1. The standard InChI is InChI=1S/C24H21ClN2O2S/c25-26-23(19-10-3-1-4-11-19)24(20-12-5-2-6-13-20)27-30(28,29)22-16-15-18-9-7-8-14-21(18)17-22/h1-17,23-24,26-27H/t23-,24-/m0/s1. The second-order valence-electron chi connectivity index (χ2n) is 7.02. The van der Waals surface area contributed by atoms with Crippen LogP contribution in [0.1, 0.15) is 23.2 Å².